The number of primary amides is 1. The summed E-state index contributed by atoms with van der Waals surface area (Å²) in [5, 5.41) is 17.7. The summed E-state index contributed by atoms with van der Waals surface area (Å²) in [5.41, 5.74) is 19.0. The van der Waals surface area contributed by atoms with Gasteiger partial charge in [-0.1, -0.05) is 37.1 Å². The molecule has 0 aliphatic carbocycles. The molecule has 0 spiro atoms. The Morgan fingerprint density at radius 3 is 2.52 bits per heavy atom. The normalized spacial score (nSPS) is 16.2. The Morgan fingerprint density at radius 2 is 2.00 bits per heavy atom. The predicted molar refractivity (Wildman–Crippen MR) is 118 cm³/mol. The van der Waals surface area contributed by atoms with E-state index in [1.165, 1.54) is 4.90 Å². The van der Waals surface area contributed by atoms with Crippen molar-refractivity contribution in [1.29, 1.82) is 5.41 Å². The molecule has 8 N–H and O–H groups in total. The molecule has 1 amide bonds. The predicted octanol–water partition coefficient (Wildman–Crippen LogP) is 1.04. The van der Waals surface area contributed by atoms with Gasteiger partial charge in [0.15, 0.2) is 5.70 Å². The number of nitrogens with zero attached hydrogens (tertiary/aromatic N) is 3. The molecular weight excluding hydrogens is 417 g/mol. The Labute approximate surface area is 181 Å². The first-order chi connectivity index (χ1) is 13.3. The van der Waals surface area contributed by atoms with E-state index >= 15 is 0 Å². The van der Waals surface area contributed by atoms with Crippen LogP contribution in [0.25, 0.3) is 0 Å². The van der Waals surface area contributed by atoms with E-state index in [0.717, 1.165) is 24.1 Å². The molecule has 2 rings (SSSR count). The Bertz CT molecular complexity index is 796. The molecule has 1 aliphatic rings. The lowest BCUT2D eigenvalue weighted by molar-refractivity contribution is -0.114. The van der Waals surface area contributed by atoms with E-state index in [4.69, 9.17) is 39.3 Å². The van der Waals surface area contributed by atoms with Gasteiger partial charge in [-0.2, -0.15) is 0 Å². The number of aliphatic hydroxyl groups excluding tert-OH is 1. The van der Waals surface area contributed by atoms with Gasteiger partial charge in [-0.25, -0.2) is 4.99 Å². The van der Waals surface area contributed by atoms with Gasteiger partial charge >= 0.3 is 0 Å². The van der Waals surface area contributed by atoms with Crippen molar-refractivity contribution in [2.45, 2.75) is 32.4 Å². The maximum Gasteiger partial charge on any atom is 0.271 e. The zero-order chi connectivity index (χ0) is 20.8. The number of aliphatic imine (C=N–C) groups is 1. The lowest BCUT2D eigenvalue weighted by Crippen LogP contribution is -2.58. The summed E-state index contributed by atoms with van der Waals surface area (Å²) in [6, 6.07) is 7.48. The van der Waals surface area contributed by atoms with E-state index in [1.54, 1.807) is 4.90 Å². The average molecular weight is 444 g/mol. The average Bonchev–Trinajstić information content (AvgIpc) is 2.66. The maximum atomic E-state index is 11.6. The summed E-state index contributed by atoms with van der Waals surface area (Å²) in [5.74, 6) is -1.01. The number of benzene rings is 1. The van der Waals surface area contributed by atoms with Crippen molar-refractivity contribution in [1.82, 2.24) is 4.90 Å². The van der Waals surface area contributed by atoms with Crippen molar-refractivity contribution in [3.8, 4) is 0 Å². The number of nitrogens with one attached hydrogen (secondary N) is 1. The van der Waals surface area contributed by atoms with E-state index in [1.807, 2.05) is 31.2 Å². The van der Waals surface area contributed by atoms with Crippen LogP contribution in [-0.2, 0) is 11.2 Å². The molecule has 0 bridgehead atoms. The molecule has 11 heteroatoms. The number of nitrogens with two attached hydrogens (primary N) is 3. The minimum Gasteiger partial charge on any atom is -0.396 e. The topological polar surface area (TPSA) is 158 Å². The number of halogens is 2. The molecule has 29 heavy (non-hydrogen) atoms. The zero-order valence-corrected chi connectivity index (χ0v) is 17.7. The number of carbonyl (C=O) groups is 1. The van der Waals surface area contributed by atoms with Gasteiger partial charge in [0.2, 0.25) is 5.96 Å². The molecule has 1 unspecified atom stereocenters. The Hall–Kier alpha value is -2.33. The summed E-state index contributed by atoms with van der Waals surface area (Å²) in [7, 11) is 0. The molecule has 1 aliphatic heterocycles. The van der Waals surface area contributed by atoms with Gasteiger partial charge in [0.1, 0.15) is 17.2 Å². The standard InChI is InChI=1S/C18H26ClN7O2.ClH/c1-2-3-9-25(12-6-4-11(5-7-12)8-10-27)18(23)26-15(20)13(17(22)28)24-14(19)16(26)21;/h4-7,16,23,27H,2-3,8-10,20-21H2,1H3,(H2,22,28);1H. The second kappa shape index (κ2) is 11.0. The SMILES string of the molecule is CCCCN(C(=N)N1C(N)=C(C(N)=O)N=C(Cl)C1N)c1ccc(CCO)cc1.Cl. The molecule has 0 saturated heterocycles. The van der Waals surface area contributed by atoms with Crippen LogP contribution in [0.5, 0.6) is 0 Å². The van der Waals surface area contributed by atoms with E-state index < -0.39 is 12.1 Å². The number of unbranched alkanes of at least 4 members (excludes halogenated alkanes) is 1. The van der Waals surface area contributed by atoms with Gasteiger partial charge in [0, 0.05) is 18.8 Å². The molecule has 1 heterocycles. The Balaban J connectivity index is 0.00000420. The smallest absolute Gasteiger partial charge is 0.271 e. The molecule has 1 aromatic rings. The minimum atomic E-state index is -1.00. The number of hydrogen-bond acceptors (Lipinski definition) is 6. The van der Waals surface area contributed by atoms with E-state index in [0.29, 0.717) is 13.0 Å². The van der Waals surface area contributed by atoms with Crippen LogP contribution in [0, 0.1) is 5.41 Å². The lowest BCUT2D eigenvalue weighted by atomic mass is 10.1. The van der Waals surface area contributed by atoms with Gasteiger partial charge < -0.3 is 27.2 Å². The molecule has 0 radical (unpaired) electrons. The molecular formula is C18H27Cl2N7O2. The summed E-state index contributed by atoms with van der Waals surface area (Å²) in [6.07, 6.45) is 1.28. The second-order valence-electron chi connectivity index (χ2n) is 6.32. The largest absolute Gasteiger partial charge is 0.396 e. The van der Waals surface area contributed by atoms with Crippen LogP contribution in [0.2, 0.25) is 0 Å². The van der Waals surface area contributed by atoms with Crippen molar-refractivity contribution in [3.05, 3.63) is 41.3 Å². The first-order valence-corrected chi connectivity index (χ1v) is 9.33. The number of aliphatic hydroxyl groups is 1. The number of amides is 1. The molecule has 0 fully saturated rings. The van der Waals surface area contributed by atoms with Crippen LogP contribution < -0.4 is 22.1 Å². The fourth-order valence-corrected chi connectivity index (χ4v) is 2.99. The van der Waals surface area contributed by atoms with Gasteiger partial charge in [-0.05, 0) is 30.5 Å². The van der Waals surface area contributed by atoms with Crippen molar-refractivity contribution < 1.29 is 9.90 Å². The van der Waals surface area contributed by atoms with Crippen molar-refractivity contribution in [2.24, 2.45) is 22.2 Å². The van der Waals surface area contributed by atoms with E-state index in [2.05, 4.69) is 4.99 Å². The number of guanidine groups is 1. The highest BCUT2D eigenvalue weighted by Gasteiger charge is 2.34. The minimum absolute atomic E-state index is 0. The van der Waals surface area contributed by atoms with Crippen LogP contribution in [0.1, 0.15) is 25.3 Å². The number of anilines is 1. The maximum absolute atomic E-state index is 11.6. The highest BCUT2D eigenvalue weighted by Crippen LogP contribution is 2.24. The number of carbonyl (C=O) groups excluding carboxylic acids is 1. The third kappa shape index (κ3) is 5.60. The van der Waals surface area contributed by atoms with Crippen LogP contribution >= 0.6 is 24.0 Å². The first-order valence-electron chi connectivity index (χ1n) is 8.96. The third-order valence-corrected chi connectivity index (χ3v) is 4.65. The van der Waals surface area contributed by atoms with Crippen LogP contribution in [0.4, 0.5) is 5.69 Å². The van der Waals surface area contributed by atoms with Crippen LogP contribution in [0.3, 0.4) is 0 Å². The fourth-order valence-electron chi connectivity index (χ4n) is 2.80. The zero-order valence-electron chi connectivity index (χ0n) is 16.1. The van der Waals surface area contributed by atoms with Crippen molar-refractivity contribution in [2.75, 3.05) is 18.1 Å². The number of hydrogen-bond donors (Lipinski definition) is 5. The molecule has 1 atom stereocenters. The lowest BCUT2D eigenvalue weighted by Gasteiger charge is -2.38. The van der Waals surface area contributed by atoms with Gasteiger partial charge in [0.25, 0.3) is 5.91 Å². The summed E-state index contributed by atoms with van der Waals surface area (Å²) in [6.45, 7) is 2.64. The highest BCUT2D eigenvalue weighted by atomic mass is 35.5. The summed E-state index contributed by atoms with van der Waals surface area (Å²) in [4.78, 5) is 18.5. The monoisotopic (exact) mass is 443 g/mol. The summed E-state index contributed by atoms with van der Waals surface area (Å²) < 4.78 is 0. The van der Waals surface area contributed by atoms with Crippen molar-refractivity contribution >= 4 is 46.7 Å². The van der Waals surface area contributed by atoms with Gasteiger partial charge in [-0.3, -0.25) is 15.1 Å². The summed E-state index contributed by atoms with van der Waals surface area (Å²) >= 11 is 6.07. The van der Waals surface area contributed by atoms with E-state index in [-0.39, 0.29) is 41.7 Å². The van der Waals surface area contributed by atoms with Gasteiger partial charge in [-0.15, -0.1) is 12.4 Å². The fraction of sp³-hybridized carbons (Fsp3) is 0.389. The van der Waals surface area contributed by atoms with E-state index in [9.17, 15) is 4.79 Å². The number of rotatable bonds is 7. The molecule has 9 nitrogen and oxygen atoms in total. The van der Waals surface area contributed by atoms with Crippen molar-refractivity contribution in [3.63, 3.8) is 0 Å². The highest BCUT2D eigenvalue weighted by molar-refractivity contribution is 6.67. The Morgan fingerprint density at radius 1 is 1.38 bits per heavy atom. The first kappa shape index (κ1) is 24.7. The van der Waals surface area contributed by atoms with Gasteiger partial charge in [0.05, 0.1) is 0 Å². The molecule has 0 aromatic heterocycles. The quantitative estimate of drug-likeness (QED) is 0.312. The van der Waals surface area contributed by atoms with Crippen LogP contribution in [-0.4, -0.2) is 46.4 Å². The molecule has 1 aromatic carbocycles. The third-order valence-electron chi connectivity index (χ3n) is 4.34. The Kier molecular flexibility index (Phi) is 9.38. The second-order valence-corrected chi connectivity index (χ2v) is 6.70. The molecule has 0 saturated carbocycles. The van der Waals surface area contributed by atoms with Crippen LogP contribution in [0.15, 0.2) is 40.8 Å². The molecule has 160 valence electrons.